The van der Waals surface area contributed by atoms with Gasteiger partial charge >= 0.3 is 6.36 Å². The maximum Gasteiger partial charge on any atom is 0.573 e. The van der Waals surface area contributed by atoms with Crippen molar-refractivity contribution < 1.29 is 27.5 Å². The number of pyridine rings is 1. The SMILES string of the molecule is NC(=O)C(c1cccc(OC(F)(F)F)c1)c1ccc(CCCCc2nnc(NC(=O)Cn3cccn3)s2)cn1. The summed E-state index contributed by atoms with van der Waals surface area (Å²) in [5, 5.41) is 16.1. The van der Waals surface area contributed by atoms with Crippen LogP contribution in [0.25, 0.3) is 0 Å². The number of nitrogens with zero attached hydrogens (tertiary/aromatic N) is 5. The number of nitrogens with two attached hydrogens (primary N) is 1. The molecule has 4 aromatic rings. The second-order valence-electron chi connectivity index (χ2n) is 8.51. The number of amides is 2. The molecule has 1 aromatic carbocycles. The number of anilines is 1. The van der Waals surface area contributed by atoms with E-state index in [2.05, 4.69) is 30.3 Å². The monoisotopic (exact) mass is 559 g/mol. The summed E-state index contributed by atoms with van der Waals surface area (Å²) in [7, 11) is 0. The minimum absolute atomic E-state index is 0.0911. The van der Waals surface area contributed by atoms with Crippen molar-refractivity contribution in [1.82, 2.24) is 25.0 Å². The van der Waals surface area contributed by atoms with Crippen LogP contribution in [0.5, 0.6) is 5.75 Å². The van der Waals surface area contributed by atoms with Crippen molar-refractivity contribution in [2.75, 3.05) is 5.32 Å². The molecule has 39 heavy (non-hydrogen) atoms. The third-order valence-corrected chi connectivity index (χ3v) is 6.44. The molecule has 0 fully saturated rings. The number of aromatic nitrogens is 5. The van der Waals surface area contributed by atoms with Gasteiger partial charge in [0.25, 0.3) is 0 Å². The lowest BCUT2D eigenvalue weighted by molar-refractivity contribution is -0.274. The Morgan fingerprint density at radius 1 is 1.10 bits per heavy atom. The highest BCUT2D eigenvalue weighted by molar-refractivity contribution is 7.15. The third-order valence-electron chi connectivity index (χ3n) is 5.54. The van der Waals surface area contributed by atoms with Crippen LogP contribution in [0.2, 0.25) is 0 Å². The lowest BCUT2D eigenvalue weighted by Crippen LogP contribution is -2.23. The molecule has 2 amide bonds. The number of ether oxygens (including phenoxy) is 1. The molecule has 10 nitrogen and oxygen atoms in total. The van der Waals surface area contributed by atoms with E-state index in [9.17, 15) is 22.8 Å². The number of carbonyl (C=O) groups is 2. The molecule has 0 aliphatic carbocycles. The van der Waals surface area contributed by atoms with Crippen LogP contribution in [0, 0.1) is 0 Å². The van der Waals surface area contributed by atoms with Gasteiger partial charge in [-0.2, -0.15) is 5.10 Å². The van der Waals surface area contributed by atoms with E-state index in [1.54, 1.807) is 30.7 Å². The van der Waals surface area contributed by atoms with E-state index in [1.807, 2.05) is 6.07 Å². The summed E-state index contributed by atoms with van der Waals surface area (Å²) in [6.45, 7) is 0.0911. The number of benzene rings is 1. The van der Waals surface area contributed by atoms with Gasteiger partial charge in [0.2, 0.25) is 16.9 Å². The van der Waals surface area contributed by atoms with Crippen LogP contribution >= 0.6 is 11.3 Å². The molecule has 204 valence electrons. The van der Waals surface area contributed by atoms with Crippen LogP contribution in [0.1, 0.15) is 40.6 Å². The number of nitrogens with one attached hydrogen (secondary N) is 1. The van der Waals surface area contributed by atoms with Gasteiger partial charge in [-0.3, -0.25) is 24.6 Å². The lowest BCUT2D eigenvalue weighted by Gasteiger charge is -2.16. The van der Waals surface area contributed by atoms with Crippen LogP contribution in [0.3, 0.4) is 0 Å². The van der Waals surface area contributed by atoms with Crippen molar-refractivity contribution in [3.8, 4) is 5.75 Å². The maximum absolute atomic E-state index is 12.6. The average Bonchev–Trinajstić information content (AvgIpc) is 3.54. The van der Waals surface area contributed by atoms with Crippen molar-refractivity contribution >= 4 is 28.3 Å². The number of halogens is 3. The smallest absolute Gasteiger partial charge is 0.406 e. The van der Waals surface area contributed by atoms with Crippen LogP contribution in [0.15, 0.2) is 61.1 Å². The van der Waals surface area contributed by atoms with Crippen molar-refractivity contribution in [2.45, 2.75) is 44.5 Å². The van der Waals surface area contributed by atoms with Gasteiger partial charge in [0, 0.05) is 25.0 Å². The van der Waals surface area contributed by atoms with Crippen LogP contribution in [0.4, 0.5) is 18.3 Å². The Balaban J connectivity index is 1.27. The summed E-state index contributed by atoms with van der Waals surface area (Å²) in [4.78, 5) is 28.5. The summed E-state index contributed by atoms with van der Waals surface area (Å²) in [6.07, 6.45) is 3.13. The first kappa shape index (κ1) is 27.7. The first-order valence-corrected chi connectivity index (χ1v) is 12.7. The van der Waals surface area contributed by atoms with Crippen molar-refractivity contribution in [3.63, 3.8) is 0 Å². The van der Waals surface area contributed by atoms with Gasteiger partial charge < -0.3 is 10.5 Å². The Labute approximate surface area is 225 Å². The molecule has 0 spiro atoms. The van der Waals surface area contributed by atoms with Crippen LogP contribution in [-0.2, 0) is 29.0 Å². The number of rotatable bonds is 12. The van der Waals surface area contributed by atoms with Gasteiger partial charge in [0.1, 0.15) is 23.2 Å². The van der Waals surface area contributed by atoms with Crippen LogP contribution < -0.4 is 15.8 Å². The normalized spacial score (nSPS) is 12.2. The Morgan fingerprint density at radius 3 is 2.62 bits per heavy atom. The molecule has 0 saturated heterocycles. The van der Waals surface area contributed by atoms with E-state index in [0.717, 1.165) is 42.0 Å². The molecule has 0 radical (unpaired) electrons. The van der Waals surface area contributed by atoms with E-state index in [0.29, 0.717) is 17.2 Å². The first-order chi connectivity index (χ1) is 18.7. The van der Waals surface area contributed by atoms with Crippen molar-refractivity contribution in [1.29, 1.82) is 0 Å². The van der Waals surface area contributed by atoms with Gasteiger partial charge in [0.15, 0.2) is 0 Å². The van der Waals surface area contributed by atoms with E-state index >= 15 is 0 Å². The van der Waals surface area contributed by atoms with E-state index in [4.69, 9.17) is 5.73 Å². The second-order valence-corrected chi connectivity index (χ2v) is 9.57. The number of hydrogen-bond donors (Lipinski definition) is 2. The quantitative estimate of drug-likeness (QED) is 0.252. The number of carbonyl (C=O) groups excluding carboxylic acids is 2. The number of hydrogen-bond acceptors (Lipinski definition) is 8. The predicted octanol–water partition coefficient (Wildman–Crippen LogP) is 3.85. The molecule has 0 aliphatic rings. The summed E-state index contributed by atoms with van der Waals surface area (Å²) in [5.74, 6) is -2.45. The molecule has 3 N–H and O–H groups in total. The van der Waals surface area contributed by atoms with Gasteiger partial charge in [-0.05, 0) is 54.7 Å². The summed E-state index contributed by atoms with van der Waals surface area (Å²) in [6, 6.07) is 10.3. The van der Waals surface area contributed by atoms with E-state index in [1.165, 1.54) is 28.2 Å². The average molecular weight is 560 g/mol. The predicted molar refractivity (Wildman–Crippen MR) is 136 cm³/mol. The lowest BCUT2D eigenvalue weighted by atomic mass is 9.94. The van der Waals surface area contributed by atoms with Gasteiger partial charge in [-0.15, -0.1) is 23.4 Å². The highest BCUT2D eigenvalue weighted by Gasteiger charge is 2.31. The number of unbranched alkanes of at least 4 members (excludes halogenated alkanes) is 1. The van der Waals surface area contributed by atoms with E-state index < -0.39 is 23.9 Å². The molecule has 0 saturated carbocycles. The van der Waals surface area contributed by atoms with Gasteiger partial charge in [-0.25, -0.2) is 0 Å². The van der Waals surface area contributed by atoms with Crippen molar-refractivity contribution in [3.05, 3.63) is 82.9 Å². The molecule has 0 aliphatic heterocycles. The Hall–Kier alpha value is -4.33. The first-order valence-electron chi connectivity index (χ1n) is 11.9. The molecule has 14 heteroatoms. The van der Waals surface area contributed by atoms with Gasteiger partial charge in [0.05, 0.1) is 5.69 Å². The molecule has 3 aromatic heterocycles. The minimum atomic E-state index is -4.85. The molecular formula is C25H24F3N7O3S. The maximum atomic E-state index is 12.6. The molecule has 4 rings (SSSR count). The Morgan fingerprint density at radius 2 is 1.92 bits per heavy atom. The molecule has 1 atom stereocenters. The number of alkyl halides is 3. The topological polar surface area (TPSA) is 138 Å². The molecule has 1 unspecified atom stereocenters. The van der Waals surface area contributed by atoms with Crippen molar-refractivity contribution in [2.24, 2.45) is 5.73 Å². The molecule has 3 heterocycles. The molecule has 0 bridgehead atoms. The summed E-state index contributed by atoms with van der Waals surface area (Å²) in [5.41, 5.74) is 7.05. The zero-order valence-electron chi connectivity index (χ0n) is 20.5. The highest BCUT2D eigenvalue weighted by Crippen LogP contribution is 2.29. The van der Waals surface area contributed by atoms with Crippen LogP contribution in [-0.4, -0.2) is 43.1 Å². The Bertz CT molecular complexity index is 1390. The zero-order chi connectivity index (χ0) is 27.8. The highest BCUT2D eigenvalue weighted by atomic mass is 32.1. The fraction of sp³-hybridized carbons (Fsp3) is 0.280. The minimum Gasteiger partial charge on any atom is -0.406 e. The third kappa shape index (κ3) is 8.33. The molecular weight excluding hydrogens is 535 g/mol. The fourth-order valence-electron chi connectivity index (χ4n) is 3.84. The van der Waals surface area contributed by atoms with E-state index in [-0.39, 0.29) is 18.0 Å². The number of primary amides is 1. The zero-order valence-corrected chi connectivity index (χ0v) is 21.3. The second kappa shape index (κ2) is 12.5. The standard InChI is InChI=1S/C25H24F3N7O3S/c26-25(27,28)38-18-7-3-6-17(13-18)22(23(29)37)19-10-9-16(14-30-19)5-1-2-8-21-33-34-24(39-21)32-20(36)15-35-12-4-11-31-35/h3-4,6-7,9-14,22H,1-2,5,8,15H2,(H2,29,37)(H,32,34,36). The van der Waals surface area contributed by atoms with Gasteiger partial charge in [-0.1, -0.05) is 29.5 Å². The number of aryl methyl sites for hydroxylation is 2. The summed E-state index contributed by atoms with van der Waals surface area (Å²) >= 11 is 1.32. The summed E-state index contributed by atoms with van der Waals surface area (Å²) < 4.78 is 43.2. The largest absolute Gasteiger partial charge is 0.573 e. The fourth-order valence-corrected chi connectivity index (χ4v) is 4.63. The Kier molecular flexibility index (Phi) is 8.86.